The third-order valence-electron chi connectivity index (χ3n) is 4.10. The third kappa shape index (κ3) is 4.38. The molecule has 1 unspecified atom stereocenters. The summed E-state index contributed by atoms with van der Waals surface area (Å²) < 4.78 is 0. The van der Waals surface area contributed by atoms with E-state index in [0.717, 1.165) is 5.69 Å². The highest BCUT2D eigenvalue weighted by atomic mass is 35.5. The number of nitrogens with zero attached hydrogens (tertiary/aromatic N) is 1. The summed E-state index contributed by atoms with van der Waals surface area (Å²) in [4.78, 5) is 29.5. The average Bonchev–Trinajstić information content (AvgIpc) is 3.32. The maximum absolute atomic E-state index is 12.6. The van der Waals surface area contributed by atoms with E-state index >= 15 is 0 Å². The SMILES string of the molecule is CC(C)C(NC(=O)c1ccccc1Cl)C(=O)Nc1nc(C2CC2)cs1. The van der Waals surface area contributed by atoms with Crippen molar-refractivity contribution < 1.29 is 9.59 Å². The number of amides is 2. The highest BCUT2D eigenvalue weighted by Crippen LogP contribution is 2.40. The van der Waals surface area contributed by atoms with Gasteiger partial charge < -0.3 is 10.6 Å². The Balaban J connectivity index is 1.68. The first-order chi connectivity index (χ1) is 12.0. The molecule has 2 aromatic rings. The zero-order chi connectivity index (χ0) is 18.0. The van der Waals surface area contributed by atoms with Crippen molar-refractivity contribution in [2.75, 3.05) is 5.32 Å². The summed E-state index contributed by atoms with van der Waals surface area (Å²) in [6.07, 6.45) is 2.33. The molecule has 0 aliphatic heterocycles. The molecule has 0 bridgehead atoms. The molecule has 5 nitrogen and oxygen atoms in total. The third-order valence-corrected chi connectivity index (χ3v) is 5.21. The van der Waals surface area contributed by atoms with E-state index in [9.17, 15) is 9.59 Å². The summed E-state index contributed by atoms with van der Waals surface area (Å²) in [6.45, 7) is 3.77. The second-order valence-corrected chi connectivity index (χ2v) is 7.78. The summed E-state index contributed by atoms with van der Waals surface area (Å²) in [5.41, 5.74) is 1.40. The molecule has 0 radical (unpaired) electrons. The Kier molecular flexibility index (Phi) is 5.39. The van der Waals surface area contributed by atoms with E-state index in [0.29, 0.717) is 21.6 Å². The van der Waals surface area contributed by atoms with Crippen molar-refractivity contribution in [2.24, 2.45) is 5.92 Å². The molecular formula is C18H20ClN3O2S. The van der Waals surface area contributed by atoms with Crippen LogP contribution in [0.5, 0.6) is 0 Å². The normalized spacial score (nSPS) is 15.0. The number of hydrogen-bond acceptors (Lipinski definition) is 4. The van der Waals surface area contributed by atoms with Crippen molar-refractivity contribution in [2.45, 2.75) is 38.6 Å². The predicted molar refractivity (Wildman–Crippen MR) is 100 cm³/mol. The van der Waals surface area contributed by atoms with Gasteiger partial charge in [0.05, 0.1) is 16.3 Å². The highest BCUT2D eigenvalue weighted by Gasteiger charge is 2.28. The second-order valence-electron chi connectivity index (χ2n) is 6.52. The molecule has 2 amide bonds. The lowest BCUT2D eigenvalue weighted by Gasteiger charge is -2.21. The molecule has 1 fully saturated rings. The molecule has 1 aliphatic rings. The van der Waals surface area contributed by atoms with Gasteiger partial charge in [-0.3, -0.25) is 9.59 Å². The molecule has 1 aliphatic carbocycles. The van der Waals surface area contributed by atoms with Crippen LogP contribution in [0, 0.1) is 5.92 Å². The highest BCUT2D eigenvalue weighted by molar-refractivity contribution is 7.13. The minimum Gasteiger partial charge on any atom is -0.340 e. The Bertz CT molecular complexity index is 786. The van der Waals surface area contributed by atoms with Gasteiger partial charge in [-0.15, -0.1) is 11.3 Å². The Hall–Kier alpha value is -1.92. The lowest BCUT2D eigenvalue weighted by Crippen LogP contribution is -2.47. The molecule has 1 aromatic heterocycles. The Labute approximate surface area is 155 Å². The Morgan fingerprint density at radius 2 is 2.00 bits per heavy atom. The molecule has 0 spiro atoms. The van der Waals surface area contributed by atoms with Gasteiger partial charge in [-0.05, 0) is 30.9 Å². The monoisotopic (exact) mass is 377 g/mol. The average molecular weight is 378 g/mol. The van der Waals surface area contributed by atoms with E-state index in [-0.39, 0.29) is 17.7 Å². The molecule has 1 heterocycles. The van der Waals surface area contributed by atoms with Crippen LogP contribution in [0.25, 0.3) is 0 Å². The number of thiazole rings is 1. The first-order valence-corrected chi connectivity index (χ1v) is 9.53. The number of rotatable bonds is 6. The van der Waals surface area contributed by atoms with Crippen LogP contribution in [-0.4, -0.2) is 22.8 Å². The van der Waals surface area contributed by atoms with Gasteiger partial charge >= 0.3 is 0 Å². The van der Waals surface area contributed by atoms with Crippen molar-refractivity contribution >= 4 is 39.9 Å². The molecule has 1 aromatic carbocycles. The maximum atomic E-state index is 12.6. The van der Waals surface area contributed by atoms with Crippen LogP contribution in [-0.2, 0) is 4.79 Å². The minimum absolute atomic E-state index is 0.0747. The number of benzene rings is 1. The molecule has 2 N–H and O–H groups in total. The van der Waals surface area contributed by atoms with Crippen LogP contribution in [0.3, 0.4) is 0 Å². The van der Waals surface area contributed by atoms with Crippen LogP contribution in [0.4, 0.5) is 5.13 Å². The fourth-order valence-electron chi connectivity index (χ4n) is 2.49. The maximum Gasteiger partial charge on any atom is 0.253 e. The zero-order valence-corrected chi connectivity index (χ0v) is 15.7. The standard InChI is InChI=1S/C18H20ClN3O2S/c1-10(2)15(21-16(23)12-5-3-4-6-13(12)19)17(24)22-18-20-14(9-25-18)11-7-8-11/h3-6,9-11,15H,7-8H2,1-2H3,(H,21,23)(H,20,22,24). The second kappa shape index (κ2) is 7.54. The number of carbonyl (C=O) groups is 2. The number of nitrogens with one attached hydrogen (secondary N) is 2. The summed E-state index contributed by atoms with van der Waals surface area (Å²) >= 11 is 7.48. The number of hydrogen-bond donors (Lipinski definition) is 2. The summed E-state index contributed by atoms with van der Waals surface area (Å²) in [5.74, 6) is -0.165. The van der Waals surface area contributed by atoms with Gasteiger partial charge in [0.25, 0.3) is 5.91 Å². The number of aromatic nitrogens is 1. The zero-order valence-electron chi connectivity index (χ0n) is 14.1. The quantitative estimate of drug-likeness (QED) is 0.797. The van der Waals surface area contributed by atoms with E-state index in [1.54, 1.807) is 24.3 Å². The van der Waals surface area contributed by atoms with Gasteiger partial charge in [0.1, 0.15) is 6.04 Å². The van der Waals surface area contributed by atoms with Gasteiger partial charge in [-0.2, -0.15) is 0 Å². The van der Waals surface area contributed by atoms with Crippen molar-refractivity contribution in [1.29, 1.82) is 0 Å². The Morgan fingerprint density at radius 1 is 1.28 bits per heavy atom. The molecule has 0 saturated heterocycles. The first kappa shape index (κ1) is 17.9. The number of halogens is 1. The summed E-state index contributed by atoms with van der Waals surface area (Å²) in [6, 6.07) is 6.11. The van der Waals surface area contributed by atoms with E-state index in [2.05, 4.69) is 15.6 Å². The van der Waals surface area contributed by atoms with Crippen molar-refractivity contribution in [1.82, 2.24) is 10.3 Å². The van der Waals surface area contributed by atoms with Crippen molar-refractivity contribution in [3.8, 4) is 0 Å². The van der Waals surface area contributed by atoms with Gasteiger partial charge in [0.2, 0.25) is 5.91 Å². The van der Waals surface area contributed by atoms with Gasteiger partial charge in [-0.1, -0.05) is 37.6 Å². The minimum atomic E-state index is -0.669. The number of anilines is 1. The van der Waals surface area contributed by atoms with E-state index in [1.807, 2.05) is 19.2 Å². The topological polar surface area (TPSA) is 71.1 Å². The number of carbonyl (C=O) groups excluding carboxylic acids is 2. The summed E-state index contributed by atoms with van der Waals surface area (Å²) in [7, 11) is 0. The molecule has 132 valence electrons. The van der Waals surface area contributed by atoms with Crippen LogP contribution in [0.2, 0.25) is 5.02 Å². The predicted octanol–water partition coefficient (Wildman–Crippen LogP) is 4.07. The van der Waals surface area contributed by atoms with Crippen molar-refractivity contribution in [3.63, 3.8) is 0 Å². The van der Waals surface area contributed by atoms with Gasteiger partial charge in [-0.25, -0.2) is 4.98 Å². The van der Waals surface area contributed by atoms with E-state index in [1.165, 1.54) is 24.2 Å². The van der Waals surface area contributed by atoms with E-state index < -0.39 is 6.04 Å². The first-order valence-electron chi connectivity index (χ1n) is 8.27. The van der Waals surface area contributed by atoms with E-state index in [4.69, 9.17) is 11.6 Å². The molecule has 1 atom stereocenters. The molecule has 25 heavy (non-hydrogen) atoms. The smallest absolute Gasteiger partial charge is 0.253 e. The Morgan fingerprint density at radius 3 is 2.64 bits per heavy atom. The summed E-state index contributed by atoms with van der Waals surface area (Å²) in [5, 5.41) is 8.51. The lowest BCUT2D eigenvalue weighted by atomic mass is 10.0. The van der Waals surface area contributed by atoms with Gasteiger partial charge in [0, 0.05) is 11.3 Å². The van der Waals surface area contributed by atoms with Crippen molar-refractivity contribution in [3.05, 3.63) is 45.9 Å². The fraction of sp³-hybridized carbons (Fsp3) is 0.389. The largest absolute Gasteiger partial charge is 0.340 e. The van der Waals surface area contributed by atoms with Crippen LogP contribution < -0.4 is 10.6 Å². The van der Waals surface area contributed by atoms with Crippen LogP contribution in [0.15, 0.2) is 29.6 Å². The van der Waals surface area contributed by atoms with Gasteiger partial charge in [0.15, 0.2) is 5.13 Å². The molecule has 1 saturated carbocycles. The lowest BCUT2D eigenvalue weighted by molar-refractivity contribution is -0.118. The molecule has 7 heteroatoms. The van der Waals surface area contributed by atoms with Crippen LogP contribution in [0.1, 0.15) is 48.7 Å². The fourth-order valence-corrected chi connectivity index (χ4v) is 3.51. The van der Waals surface area contributed by atoms with Crippen LogP contribution >= 0.6 is 22.9 Å². The molecule has 3 rings (SSSR count). The molecular weight excluding hydrogens is 358 g/mol.